The quantitative estimate of drug-likeness (QED) is 0.0196. The van der Waals surface area contributed by atoms with E-state index in [-0.39, 0.29) is 92.4 Å². The third kappa shape index (κ3) is 19.4. The van der Waals surface area contributed by atoms with Crippen LogP contribution in [0.25, 0.3) is 0 Å². The van der Waals surface area contributed by atoms with Gasteiger partial charge in [-0.15, -0.1) is 0 Å². The van der Waals surface area contributed by atoms with E-state index < -0.39 is 48.1 Å². The normalized spacial score (nSPS) is 24.9. The Labute approximate surface area is 398 Å². The van der Waals surface area contributed by atoms with Gasteiger partial charge in [-0.3, -0.25) is 24.0 Å². The van der Waals surface area contributed by atoms with Crippen molar-refractivity contribution < 1.29 is 57.2 Å². The van der Waals surface area contributed by atoms with Gasteiger partial charge in [-0.25, -0.2) is 9.59 Å². The maximum Gasteiger partial charge on any atom is 0.408 e. The number of ether oxygens (including phenoxy) is 5. The summed E-state index contributed by atoms with van der Waals surface area (Å²) in [6, 6.07) is 4.01. The minimum absolute atomic E-state index is 0.0223. The Morgan fingerprint density at radius 3 is 2.32 bits per heavy atom. The standard InChI is InChI=1S/C48H72N8O12/c1-28(2)43(49)45(61)56-38(9-8-20-51-46(50)62)44(60)54-35-15-13-34(14-16-35)25-64-47(63)53-27-52-42(59)22-37-24-48(26-65-48)23-36(68-37)17-10-29(3)11-18-40-30(4)21-39(32(6)67-40)55-41(58)19-12-31(5)66-33(7)57/h10-17,19,28,30-32,36-40,43H,8-9,18,20-27,49H2,1-7H3,(H,52,59)(H,53,63)(H,54,60)(H,55,58)(H,56,61)(H3,50,51,62)/b17-10+,19-12-,29-11+/t30-,31-,32+,36+,37+,38-,39+,40-,43-,48+/m0/s1. The Morgan fingerprint density at radius 1 is 0.941 bits per heavy atom. The number of nitrogens with two attached hydrogens (primary N) is 2. The molecule has 0 radical (unpaired) electrons. The van der Waals surface area contributed by atoms with Crippen LogP contribution in [-0.2, 0) is 54.3 Å². The Hall–Kier alpha value is -5.83. The number of primary amides is 1. The van der Waals surface area contributed by atoms with Gasteiger partial charge in [-0.05, 0) is 82.1 Å². The van der Waals surface area contributed by atoms with Crippen LogP contribution in [0.5, 0.6) is 0 Å². The molecule has 10 atom stereocenters. The van der Waals surface area contributed by atoms with Crippen molar-refractivity contribution in [1.29, 1.82) is 0 Å². The molecule has 0 aliphatic carbocycles. The van der Waals surface area contributed by atoms with Crippen molar-refractivity contribution >= 4 is 47.4 Å². The van der Waals surface area contributed by atoms with E-state index in [1.54, 1.807) is 51.1 Å². The van der Waals surface area contributed by atoms with E-state index >= 15 is 0 Å². The predicted octanol–water partition coefficient (Wildman–Crippen LogP) is 3.25. The van der Waals surface area contributed by atoms with E-state index in [0.29, 0.717) is 43.5 Å². The number of benzene rings is 1. The fourth-order valence-corrected chi connectivity index (χ4v) is 7.84. The number of urea groups is 1. The highest BCUT2D eigenvalue weighted by Crippen LogP contribution is 2.43. The molecular formula is C48H72N8O12. The Morgan fingerprint density at radius 2 is 1.66 bits per heavy atom. The summed E-state index contributed by atoms with van der Waals surface area (Å²) < 4.78 is 28.8. The van der Waals surface area contributed by atoms with Gasteiger partial charge in [0.05, 0.1) is 61.8 Å². The first-order chi connectivity index (χ1) is 32.2. The smallest absolute Gasteiger partial charge is 0.408 e. The van der Waals surface area contributed by atoms with Crippen LogP contribution >= 0.6 is 0 Å². The third-order valence-electron chi connectivity index (χ3n) is 11.9. The van der Waals surface area contributed by atoms with Gasteiger partial charge in [0.1, 0.15) is 18.8 Å². The molecule has 0 bridgehead atoms. The molecule has 0 aromatic heterocycles. The second kappa shape index (κ2) is 26.6. The number of epoxide rings is 1. The van der Waals surface area contributed by atoms with Crippen LogP contribution in [0, 0.1) is 11.8 Å². The van der Waals surface area contributed by atoms with Gasteiger partial charge in [0.2, 0.25) is 23.6 Å². The lowest BCUT2D eigenvalue weighted by Crippen LogP contribution is -2.51. The summed E-state index contributed by atoms with van der Waals surface area (Å²) in [5.74, 6) is -1.88. The van der Waals surface area contributed by atoms with Crippen LogP contribution in [0.4, 0.5) is 15.3 Å². The lowest BCUT2D eigenvalue weighted by Gasteiger charge is -2.39. The van der Waals surface area contributed by atoms with E-state index in [0.717, 1.165) is 12.0 Å². The van der Waals surface area contributed by atoms with Crippen LogP contribution in [0.1, 0.15) is 99.0 Å². The predicted molar refractivity (Wildman–Crippen MR) is 252 cm³/mol. The fraction of sp³-hybridized carbons (Fsp3) is 0.604. The lowest BCUT2D eigenvalue weighted by molar-refractivity contribution is -0.143. The van der Waals surface area contributed by atoms with Gasteiger partial charge in [0, 0.05) is 38.1 Å². The van der Waals surface area contributed by atoms with Crippen LogP contribution in [0.15, 0.2) is 60.2 Å². The van der Waals surface area contributed by atoms with Gasteiger partial charge in [-0.2, -0.15) is 0 Å². The van der Waals surface area contributed by atoms with Gasteiger partial charge in [0.15, 0.2) is 0 Å². The highest BCUT2D eigenvalue weighted by atomic mass is 16.6. The van der Waals surface area contributed by atoms with Crippen LogP contribution in [0.2, 0.25) is 0 Å². The van der Waals surface area contributed by atoms with Gasteiger partial charge in [-0.1, -0.05) is 56.7 Å². The first kappa shape index (κ1) is 54.8. The average molecular weight is 953 g/mol. The zero-order chi connectivity index (χ0) is 50.0. The molecule has 1 spiro atoms. The number of carbonyl (C=O) groups excluding carboxylic acids is 7. The number of hydrogen-bond acceptors (Lipinski definition) is 13. The summed E-state index contributed by atoms with van der Waals surface area (Å²) in [5.41, 5.74) is 12.9. The second-order valence-corrected chi connectivity index (χ2v) is 18.3. The maximum absolute atomic E-state index is 13.1. The van der Waals surface area contributed by atoms with E-state index in [9.17, 15) is 33.6 Å². The van der Waals surface area contributed by atoms with Crippen molar-refractivity contribution in [2.24, 2.45) is 23.3 Å². The summed E-state index contributed by atoms with van der Waals surface area (Å²) in [6.07, 6.45) is 10.3. The second-order valence-electron chi connectivity index (χ2n) is 18.3. The Balaban J connectivity index is 1.15. The summed E-state index contributed by atoms with van der Waals surface area (Å²) >= 11 is 0. The number of carbonyl (C=O) groups is 7. The highest BCUT2D eigenvalue weighted by Gasteiger charge is 2.51. The summed E-state index contributed by atoms with van der Waals surface area (Å²) in [6.45, 7) is 13.3. The Bertz CT molecular complexity index is 1990. The molecule has 68 heavy (non-hydrogen) atoms. The zero-order valence-electron chi connectivity index (χ0n) is 40.3. The van der Waals surface area contributed by atoms with E-state index in [1.807, 2.05) is 26.0 Å². The molecular weight excluding hydrogens is 881 g/mol. The molecule has 3 heterocycles. The molecule has 3 aliphatic rings. The monoisotopic (exact) mass is 953 g/mol. The van der Waals surface area contributed by atoms with E-state index in [2.05, 4.69) is 44.9 Å². The van der Waals surface area contributed by atoms with E-state index in [1.165, 1.54) is 13.0 Å². The molecule has 20 nitrogen and oxygen atoms in total. The molecule has 20 heteroatoms. The SMILES string of the molecule is CC(=O)O[C@@H](C)/C=C\C(=O)N[C@@H]1C[C@H](C)[C@H](C/C=C(C)/C=C/[C@@H]2C[C@]3(CO3)C[C@@H](CC(=O)NCNC(=O)OCc3ccc(NC(=O)[C@H](CCCNC(N)=O)NC(=O)[C@@H](N)C(C)C)cc3)O2)O[C@@H]1C. The molecule has 1 aromatic carbocycles. The number of rotatable bonds is 23. The summed E-state index contributed by atoms with van der Waals surface area (Å²) in [7, 11) is 0. The number of esters is 1. The van der Waals surface area contributed by atoms with Crippen molar-refractivity contribution in [1.82, 2.24) is 26.6 Å². The zero-order valence-corrected chi connectivity index (χ0v) is 40.3. The van der Waals surface area contributed by atoms with Crippen molar-refractivity contribution in [2.75, 3.05) is 25.1 Å². The summed E-state index contributed by atoms with van der Waals surface area (Å²) in [4.78, 5) is 85.7. The number of nitrogens with one attached hydrogen (secondary N) is 6. The number of alkyl carbamates (subject to hydrolysis) is 1. The number of hydrogen-bond donors (Lipinski definition) is 8. The van der Waals surface area contributed by atoms with Crippen molar-refractivity contribution in [3.8, 4) is 0 Å². The third-order valence-corrected chi connectivity index (χ3v) is 11.9. The van der Waals surface area contributed by atoms with Gasteiger partial charge >= 0.3 is 18.1 Å². The molecule has 10 N–H and O–H groups in total. The molecule has 3 aliphatic heterocycles. The largest absolute Gasteiger partial charge is 0.459 e. The fourth-order valence-electron chi connectivity index (χ4n) is 7.84. The minimum Gasteiger partial charge on any atom is -0.459 e. The van der Waals surface area contributed by atoms with Crippen molar-refractivity contribution in [3.63, 3.8) is 0 Å². The molecule has 4 rings (SSSR count). The first-order valence-electron chi connectivity index (χ1n) is 23.3. The van der Waals surface area contributed by atoms with Crippen LogP contribution in [-0.4, -0.2) is 116 Å². The first-order valence-corrected chi connectivity index (χ1v) is 23.3. The molecule has 376 valence electrons. The minimum atomic E-state index is -0.921. The van der Waals surface area contributed by atoms with Crippen LogP contribution < -0.4 is 43.4 Å². The Kier molecular flexibility index (Phi) is 21.5. The van der Waals surface area contributed by atoms with Crippen LogP contribution in [0.3, 0.4) is 0 Å². The number of amides is 7. The molecule has 7 amide bonds. The molecule has 0 unspecified atom stereocenters. The molecule has 1 aromatic rings. The van der Waals surface area contributed by atoms with Crippen molar-refractivity contribution in [3.05, 3.63) is 65.8 Å². The van der Waals surface area contributed by atoms with Crippen molar-refractivity contribution in [2.45, 2.75) is 154 Å². The van der Waals surface area contributed by atoms with E-state index in [4.69, 9.17) is 35.2 Å². The molecule has 0 saturated carbocycles. The molecule has 3 saturated heterocycles. The average Bonchev–Trinajstić information content (AvgIpc) is 4.02. The van der Waals surface area contributed by atoms with Gasteiger partial charge in [0.25, 0.3) is 0 Å². The molecule has 3 fully saturated rings. The topological polar surface area (TPSA) is 293 Å². The maximum atomic E-state index is 13.1. The number of allylic oxidation sites excluding steroid dienone is 2. The number of anilines is 1. The summed E-state index contributed by atoms with van der Waals surface area (Å²) in [5, 5.41) is 16.1. The highest BCUT2D eigenvalue weighted by molar-refractivity contribution is 5.98. The van der Waals surface area contributed by atoms with Gasteiger partial charge < -0.3 is 67.1 Å². The lowest BCUT2D eigenvalue weighted by atomic mass is 9.88.